The van der Waals surface area contributed by atoms with Crippen molar-refractivity contribution in [3.05, 3.63) is 65.7 Å². The van der Waals surface area contributed by atoms with Crippen molar-refractivity contribution in [2.75, 3.05) is 18.6 Å². The monoisotopic (exact) mass is 293 g/mol. The summed E-state index contributed by atoms with van der Waals surface area (Å²) in [6.45, 7) is 0.770. The lowest BCUT2D eigenvalue weighted by Gasteiger charge is -2.28. The molecule has 0 radical (unpaired) electrons. The number of ether oxygens (including phenoxy) is 1. The average Bonchev–Trinajstić information content (AvgIpc) is 2.59. The first-order chi connectivity index (χ1) is 10.8. The molecule has 3 rings (SSSR count). The maximum Gasteiger partial charge on any atom is 0.250 e. The van der Waals surface area contributed by atoms with Crippen molar-refractivity contribution >= 4 is 17.7 Å². The van der Waals surface area contributed by atoms with Crippen molar-refractivity contribution < 1.29 is 9.53 Å². The first kappa shape index (κ1) is 14.4. The molecule has 22 heavy (non-hydrogen) atoms. The highest BCUT2D eigenvalue weighted by molar-refractivity contribution is 6.04. The quantitative estimate of drug-likeness (QED) is 0.808. The van der Waals surface area contributed by atoms with Gasteiger partial charge in [0.2, 0.25) is 0 Å². The Hall–Kier alpha value is -2.55. The number of carbonyl (C=O) groups excluding carboxylic acids is 1. The third kappa shape index (κ3) is 2.89. The minimum absolute atomic E-state index is 0.0121. The van der Waals surface area contributed by atoms with Gasteiger partial charge in [-0.3, -0.25) is 4.79 Å². The normalized spacial score (nSPS) is 14.0. The Balaban J connectivity index is 1.82. The molecule has 2 aromatic rings. The van der Waals surface area contributed by atoms with Crippen LogP contribution in [0.4, 0.5) is 5.69 Å². The molecule has 1 aliphatic heterocycles. The van der Waals surface area contributed by atoms with Crippen molar-refractivity contribution in [2.45, 2.75) is 12.8 Å². The number of carbonyl (C=O) groups is 1. The van der Waals surface area contributed by atoms with Gasteiger partial charge in [0.25, 0.3) is 5.91 Å². The lowest BCUT2D eigenvalue weighted by molar-refractivity contribution is -0.114. The number of hydrogen-bond acceptors (Lipinski definition) is 2. The van der Waals surface area contributed by atoms with E-state index in [0.29, 0.717) is 0 Å². The second-order valence-electron chi connectivity index (χ2n) is 5.30. The summed E-state index contributed by atoms with van der Waals surface area (Å²) in [4.78, 5) is 14.4. The van der Waals surface area contributed by atoms with Gasteiger partial charge in [-0.05, 0) is 36.6 Å². The summed E-state index contributed by atoms with van der Waals surface area (Å²) in [5.41, 5.74) is 3.18. The second kappa shape index (κ2) is 6.48. The summed E-state index contributed by atoms with van der Waals surface area (Å²) in [5, 5.41) is 0. The van der Waals surface area contributed by atoms with E-state index in [1.54, 1.807) is 13.2 Å². The molecule has 0 saturated carbocycles. The molecule has 1 heterocycles. The van der Waals surface area contributed by atoms with Crippen LogP contribution >= 0.6 is 0 Å². The minimum Gasteiger partial charge on any atom is -0.496 e. The van der Waals surface area contributed by atoms with Gasteiger partial charge in [-0.15, -0.1) is 0 Å². The Morgan fingerprint density at radius 3 is 2.77 bits per heavy atom. The maximum atomic E-state index is 12.5. The summed E-state index contributed by atoms with van der Waals surface area (Å²) >= 11 is 0. The third-order valence-electron chi connectivity index (χ3n) is 3.92. The molecule has 0 saturated heterocycles. The van der Waals surface area contributed by atoms with Crippen LogP contribution in [-0.4, -0.2) is 19.6 Å². The fourth-order valence-corrected chi connectivity index (χ4v) is 2.82. The number of fused-ring (bicyclic) bond motifs is 1. The van der Waals surface area contributed by atoms with E-state index in [0.717, 1.165) is 36.4 Å². The van der Waals surface area contributed by atoms with Crippen LogP contribution in [0.25, 0.3) is 6.08 Å². The van der Waals surface area contributed by atoms with Gasteiger partial charge < -0.3 is 9.64 Å². The molecule has 3 heteroatoms. The zero-order valence-corrected chi connectivity index (χ0v) is 12.7. The maximum absolute atomic E-state index is 12.5. The van der Waals surface area contributed by atoms with Crippen LogP contribution in [0.2, 0.25) is 0 Å². The van der Waals surface area contributed by atoms with Crippen LogP contribution in [0.15, 0.2) is 54.6 Å². The van der Waals surface area contributed by atoms with E-state index in [1.165, 1.54) is 5.56 Å². The fraction of sp³-hybridized carbons (Fsp3) is 0.211. The fourth-order valence-electron chi connectivity index (χ4n) is 2.82. The zero-order valence-electron chi connectivity index (χ0n) is 12.7. The van der Waals surface area contributed by atoms with E-state index >= 15 is 0 Å². The molecule has 0 spiro atoms. The topological polar surface area (TPSA) is 29.5 Å². The highest BCUT2D eigenvalue weighted by Crippen LogP contribution is 2.27. The van der Waals surface area contributed by atoms with Gasteiger partial charge in [0.05, 0.1) is 7.11 Å². The first-order valence-corrected chi connectivity index (χ1v) is 7.50. The highest BCUT2D eigenvalue weighted by atomic mass is 16.5. The lowest BCUT2D eigenvalue weighted by Crippen LogP contribution is -2.34. The van der Waals surface area contributed by atoms with Gasteiger partial charge in [-0.2, -0.15) is 0 Å². The van der Waals surface area contributed by atoms with Gasteiger partial charge in [0.15, 0.2) is 0 Å². The van der Waals surface area contributed by atoms with Gasteiger partial charge in [0, 0.05) is 23.9 Å². The third-order valence-corrected chi connectivity index (χ3v) is 3.92. The molecule has 2 aromatic carbocycles. The SMILES string of the molecule is COc1ccccc1C=CC(=O)N1CCCc2ccccc21. The zero-order chi connectivity index (χ0) is 15.4. The first-order valence-electron chi connectivity index (χ1n) is 7.50. The molecule has 1 amide bonds. The smallest absolute Gasteiger partial charge is 0.250 e. The Morgan fingerprint density at radius 1 is 1.14 bits per heavy atom. The molecular formula is C19H19NO2. The predicted octanol–water partition coefficient (Wildman–Crippen LogP) is 3.69. The van der Waals surface area contributed by atoms with Crippen molar-refractivity contribution in [2.24, 2.45) is 0 Å². The highest BCUT2D eigenvalue weighted by Gasteiger charge is 2.20. The Bertz CT molecular complexity index is 706. The van der Waals surface area contributed by atoms with Gasteiger partial charge >= 0.3 is 0 Å². The van der Waals surface area contributed by atoms with Crippen LogP contribution < -0.4 is 9.64 Å². The van der Waals surface area contributed by atoms with Crippen LogP contribution in [-0.2, 0) is 11.2 Å². The molecule has 0 N–H and O–H groups in total. The summed E-state index contributed by atoms with van der Waals surface area (Å²) in [6, 6.07) is 15.8. The molecule has 0 fully saturated rings. The van der Waals surface area contributed by atoms with E-state index in [1.807, 2.05) is 53.4 Å². The van der Waals surface area contributed by atoms with Crippen LogP contribution in [0, 0.1) is 0 Å². The van der Waals surface area contributed by atoms with E-state index in [-0.39, 0.29) is 5.91 Å². The van der Waals surface area contributed by atoms with Crippen molar-refractivity contribution in [3.63, 3.8) is 0 Å². The standard InChI is InChI=1S/C19H19NO2/c1-22-18-11-5-3-8-16(18)12-13-19(21)20-14-6-9-15-7-2-4-10-17(15)20/h2-5,7-8,10-13H,6,9,14H2,1H3. The van der Waals surface area contributed by atoms with Crippen molar-refractivity contribution in [3.8, 4) is 5.75 Å². The molecule has 0 unspecified atom stereocenters. The Kier molecular flexibility index (Phi) is 4.24. The number of rotatable bonds is 3. The number of aryl methyl sites for hydroxylation is 1. The van der Waals surface area contributed by atoms with E-state index in [2.05, 4.69) is 6.07 Å². The van der Waals surface area contributed by atoms with Crippen LogP contribution in [0.5, 0.6) is 5.75 Å². The average molecular weight is 293 g/mol. The van der Waals surface area contributed by atoms with Crippen molar-refractivity contribution in [1.29, 1.82) is 0 Å². The van der Waals surface area contributed by atoms with E-state index in [4.69, 9.17) is 4.74 Å². The Morgan fingerprint density at radius 2 is 1.91 bits per heavy atom. The summed E-state index contributed by atoms with van der Waals surface area (Å²) in [7, 11) is 1.63. The number of anilines is 1. The van der Waals surface area contributed by atoms with Gasteiger partial charge in [-0.1, -0.05) is 36.4 Å². The predicted molar refractivity (Wildman–Crippen MR) is 89.1 cm³/mol. The second-order valence-corrected chi connectivity index (χ2v) is 5.30. The molecule has 3 nitrogen and oxygen atoms in total. The van der Waals surface area contributed by atoms with Crippen LogP contribution in [0.1, 0.15) is 17.5 Å². The molecule has 112 valence electrons. The number of amides is 1. The van der Waals surface area contributed by atoms with E-state index in [9.17, 15) is 4.79 Å². The summed E-state index contributed by atoms with van der Waals surface area (Å²) in [6.07, 6.45) is 5.49. The number of nitrogens with zero attached hydrogens (tertiary/aromatic N) is 1. The molecule has 0 aromatic heterocycles. The molecule has 0 atom stereocenters. The number of hydrogen-bond donors (Lipinski definition) is 0. The molecule has 1 aliphatic rings. The van der Waals surface area contributed by atoms with Crippen LogP contribution in [0.3, 0.4) is 0 Å². The summed E-state index contributed by atoms with van der Waals surface area (Å²) in [5.74, 6) is 0.781. The van der Waals surface area contributed by atoms with Crippen molar-refractivity contribution in [1.82, 2.24) is 0 Å². The lowest BCUT2D eigenvalue weighted by atomic mass is 10.0. The number of methoxy groups -OCH3 is 1. The Labute approximate surface area is 130 Å². The number of para-hydroxylation sites is 2. The van der Waals surface area contributed by atoms with Gasteiger partial charge in [-0.25, -0.2) is 0 Å². The summed E-state index contributed by atoms with van der Waals surface area (Å²) < 4.78 is 5.30. The van der Waals surface area contributed by atoms with E-state index < -0.39 is 0 Å². The minimum atomic E-state index is 0.0121. The molecular weight excluding hydrogens is 274 g/mol. The molecule has 0 aliphatic carbocycles. The largest absolute Gasteiger partial charge is 0.496 e. The van der Waals surface area contributed by atoms with Gasteiger partial charge in [0.1, 0.15) is 5.75 Å². The number of benzene rings is 2. The molecule has 0 bridgehead atoms.